The predicted molar refractivity (Wildman–Crippen MR) is 120 cm³/mol. The molecule has 0 radical (unpaired) electrons. The maximum Gasteiger partial charge on any atom is 0.573 e. The highest BCUT2D eigenvalue weighted by Crippen LogP contribution is 2.37. The van der Waals surface area contributed by atoms with Gasteiger partial charge in [0.25, 0.3) is 5.56 Å². The molecular weight excluding hydrogens is 564 g/mol. The summed E-state index contributed by atoms with van der Waals surface area (Å²) in [4.78, 5) is 30.4. The Morgan fingerprint density at radius 1 is 1.00 bits per heavy atom. The highest BCUT2D eigenvalue weighted by molar-refractivity contribution is 5.77. The lowest BCUT2D eigenvalue weighted by molar-refractivity contribution is -0.275. The van der Waals surface area contributed by atoms with Crippen molar-refractivity contribution >= 4 is 11.2 Å². The van der Waals surface area contributed by atoms with E-state index in [1.54, 1.807) is 4.98 Å². The number of fused-ring (bicyclic) bond motifs is 1. The molecule has 17 heteroatoms. The van der Waals surface area contributed by atoms with Crippen LogP contribution in [0.3, 0.4) is 0 Å². The zero-order valence-corrected chi connectivity index (χ0v) is 19.9. The SMILES string of the molecule is Cn1c(-c2ccc(OCc3ccc(F)c(F)c3)c(OC(F)(F)F)c2)nc2c1c(=O)[nH]c(=O)n2CC(O)C(F)(F)F. The number of aromatic amines is 1. The molecule has 0 bridgehead atoms. The molecule has 4 rings (SSSR count). The summed E-state index contributed by atoms with van der Waals surface area (Å²) in [6, 6.07) is 5.71. The lowest BCUT2D eigenvalue weighted by Gasteiger charge is -2.15. The highest BCUT2D eigenvalue weighted by atomic mass is 19.4. The van der Waals surface area contributed by atoms with Crippen LogP contribution in [-0.4, -0.2) is 42.9 Å². The molecule has 0 saturated carbocycles. The number of benzene rings is 2. The third-order valence-electron chi connectivity index (χ3n) is 5.55. The number of hydrogen-bond acceptors (Lipinski definition) is 6. The Balaban J connectivity index is 1.78. The average Bonchev–Trinajstić information content (AvgIpc) is 3.18. The fourth-order valence-corrected chi connectivity index (χ4v) is 3.71. The van der Waals surface area contributed by atoms with Crippen LogP contribution in [0.4, 0.5) is 35.1 Å². The largest absolute Gasteiger partial charge is 0.573 e. The van der Waals surface area contributed by atoms with Gasteiger partial charge in [0.15, 0.2) is 40.4 Å². The van der Waals surface area contributed by atoms with E-state index in [4.69, 9.17) is 4.74 Å². The molecule has 40 heavy (non-hydrogen) atoms. The van der Waals surface area contributed by atoms with Gasteiger partial charge in [-0.25, -0.2) is 18.6 Å². The smallest absolute Gasteiger partial charge is 0.485 e. The second-order valence-corrected chi connectivity index (χ2v) is 8.34. The molecule has 0 spiro atoms. The van der Waals surface area contributed by atoms with E-state index >= 15 is 0 Å². The van der Waals surface area contributed by atoms with E-state index in [9.17, 15) is 49.8 Å². The lowest BCUT2D eigenvalue weighted by atomic mass is 10.2. The molecular formula is C23H16F8N4O5. The van der Waals surface area contributed by atoms with Crippen molar-refractivity contribution in [1.82, 2.24) is 19.1 Å². The van der Waals surface area contributed by atoms with Crippen molar-refractivity contribution in [3.63, 3.8) is 0 Å². The van der Waals surface area contributed by atoms with E-state index in [1.165, 1.54) is 13.1 Å². The molecule has 2 N–H and O–H groups in total. The minimum absolute atomic E-state index is 0.0783. The van der Waals surface area contributed by atoms with Gasteiger partial charge in [0, 0.05) is 12.6 Å². The molecule has 2 heterocycles. The molecule has 0 aliphatic carbocycles. The first-order chi connectivity index (χ1) is 18.5. The van der Waals surface area contributed by atoms with Gasteiger partial charge in [-0.15, -0.1) is 13.2 Å². The van der Waals surface area contributed by atoms with Crippen LogP contribution in [-0.2, 0) is 20.2 Å². The summed E-state index contributed by atoms with van der Waals surface area (Å²) in [6.07, 6.45) is -13.3. The fourth-order valence-electron chi connectivity index (χ4n) is 3.71. The monoisotopic (exact) mass is 580 g/mol. The van der Waals surface area contributed by atoms with Crippen LogP contribution in [0.15, 0.2) is 46.0 Å². The molecule has 1 atom stereocenters. The maximum atomic E-state index is 13.5. The first kappa shape index (κ1) is 28.6. The highest BCUT2D eigenvalue weighted by Gasteiger charge is 2.39. The second kappa shape index (κ2) is 10.3. The summed E-state index contributed by atoms with van der Waals surface area (Å²) in [5.74, 6) is -4.00. The number of nitrogens with one attached hydrogen (secondary N) is 1. The summed E-state index contributed by atoms with van der Waals surface area (Å²) >= 11 is 0. The fraction of sp³-hybridized carbons (Fsp3) is 0.261. The maximum absolute atomic E-state index is 13.5. The van der Waals surface area contributed by atoms with Crippen LogP contribution in [0.5, 0.6) is 11.5 Å². The third-order valence-corrected chi connectivity index (χ3v) is 5.55. The van der Waals surface area contributed by atoms with Crippen LogP contribution in [0.2, 0.25) is 0 Å². The van der Waals surface area contributed by atoms with Gasteiger partial charge in [-0.1, -0.05) is 6.07 Å². The number of alkyl halides is 6. The molecule has 0 fully saturated rings. The van der Waals surface area contributed by atoms with Crippen molar-refractivity contribution in [2.75, 3.05) is 0 Å². The Bertz CT molecular complexity index is 1690. The van der Waals surface area contributed by atoms with Crippen molar-refractivity contribution in [3.8, 4) is 22.9 Å². The van der Waals surface area contributed by atoms with E-state index in [1.807, 2.05) is 0 Å². The minimum atomic E-state index is -5.21. The zero-order valence-electron chi connectivity index (χ0n) is 19.9. The van der Waals surface area contributed by atoms with E-state index in [-0.39, 0.29) is 17.0 Å². The van der Waals surface area contributed by atoms with E-state index in [0.29, 0.717) is 4.57 Å². The van der Waals surface area contributed by atoms with Crippen molar-refractivity contribution in [2.45, 2.75) is 31.8 Å². The van der Waals surface area contributed by atoms with E-state index in [2.05, 4.69) is 9.72 Å². The van der Waals surface area contributed by atoms with Gasteiger partial charge in [0.2, 0.25) is 0 Å². The number of aliphatic hydroxyl groups excluding tert-OH is 1. The quantitative estimate of drug-likeness (QED) is 0.322. The summed E-state index contributed by atoms with van der Waals surface area (Å²) < 4.78 is 115. The Morgan fingerprint density at radius 3 is 2.33 bits per heavy atom. The molecule has 214 valence electrons. The van der Waals surface area contributed by atoms with Crippen LogP contribution < -0.4 is 20.7 Å². The standard InChI is InChI=1S/C23H16F8N4O5/c1-34-17-19(35(21(38)33-20(17)37)8-16(36)22(26,27)28)32-18(34)11-3-5-14(15(7-11)40-23(29,30)31)39-9-10-2-4-12(24)13(25)6-10/h2-7,16,36H,8-9H2,1H3,(H,33,37,38). The molecule has 0 amide bonds. The first-order valence-corrected chi connectivity index (χ1v) is 11.0. The number of ether oxygens (including phenoxy) is 2. The number of halogens is 8. The number of nitrogens with zero attached hydrogens (tertiary/aromatic N) is 3. The Labute approximate surface area is 216 Å². The van der Waals surface area contributed by atoms with Gasteiger partial charge >= 0.3 is 18.2 Å². The van der Waals surface area contributed by atoms with E-state index < -0.39 is 77.3 Å². The molecule has 0 aliphatic rings. The van der Waals surface area contributed by atoms with Crippen molar-refractivity contribution < 1.29 is 49.7 Å². The molecule has 0 saturated heterocycles. The van der Waals surface area contributed by atoms with Gasteiger partial charge in [0.05, 0.1) is 6.54 Å². The minimum Gasteiger partial charge on any atom is -0.485 e. The third kappa shape index (κ3) is 5.93. The van der Waals surface area contributed by atoms with Gasteiger partial charge in [-0.2, -0.15) is 13.2 Å². The normalized spacial score (nSPS) is 13.1. The molecule has 2 aromatic heterocycles. The number of aliphatic hydroxyl groups is 1. The number of rotatable bonds is 7. The second-order valence-electron chi connectivity index (χ2n) is 8.34. The first-order valence-electron chi connectivity index (χ1n) is 11.0. The molecule has 2 aromatic carbocycles. The Morgan fingerprint density at radius 2 is 1.70 bits per heavy atom. The Hall–Kier alpha value is -4.41. The number of imidazole rings is 1. The number of aryl methyl sites for hydroxylation is 1. The topological polar surface area (TPSA) is 111 Å². The van der Waals surface area contributed by atoms with Crippen molar-refractivity contribution in [3.05, 3.63) is 74.4 Å². The van der Waals surface area contributed by atoms with Crippen LogP contribution in [0, 0.1) is 11.6 Å². The van der Waals surface area contributed by atoms with Crippen LogP contribution in [0.25, 0.3) is 22.6 Å². The summed E-state index contributed by atoms with van der Waals surface area (Å²) in [6.45, 7) is -1.81. The van der Waals surface area contributed by atoms with Gasteiger partial charge in [0.1, 0.15) is 12.4 Å². The predicted octanol–water partition coefficient (Wildman–Crippen LogP) is 3.77. The zero-order chi connectivity index (χ0) is 29.6. The van der Waals surface area contributed by atoms with Gasteiger partial charge in [-0.05, 0) is 35.9 Å². The summed E-state index contributed by atoms with van der Waals surface area (Å²) in [5.41, 5.74) is -3.43. The number of H-pyrrole nitrogens is 1. The number of aromatic nitrogens is 4. The van der Waals surface area contributed by atoms with Crippen LogP contribution in [0.1, 0.15) is 5.56 Å². The van der Waals surface area contributed by atoms with E-state index in [0.717, 1.165) is 34.9 Å². The lowest BCUT2D eigenvalue weighted by Crippen LogP contribution is -2.39. The summed E-state index contributed by atoms with van der Waals surface area (Å²) in [7, 11) is 1.21. The molecule has 9 nitrogen and oxygen atoms in total. The summed E-state index contributed by atoms with van der Waals surface area (Å²) in [5, 5.41) is 9.43. The Kier molecular flexibility index (Phi) is 7.35. The van der Waals surface area contributed by atoms with Crippen LogP contribution >= 0.6 is 0 Å². The molecule has 4 aromatic rings. The van der Waals surface area contributed by atoms with Crippen molar-refractivity contribution in [1.29, 1.82) is 0 Å². The molecule has 1 unspecified atom stereocenters. The molecule has 0 aliphatic heterocycles. The number of hydrogen-bond donors (Lipinski definition) is 2. The van der Waals surface area contributed by atoms with Gasteiger partial charge < -0.3 is 19.1 Å². The average molecular weight is 580 g/mol. The van der Waals surface area contributed by atoms with Crippen molar-refractivity contribution in [2.24, 2.45) is 7.05 Å². The van der Waals surface area contributed by atoms with Gasteiger partial charge in [-0.3, -0.25) is 14.3 Å².